The standard InChI is InChI=1S/C28H31FN6O3/c1-16(11-24(36)17(2)37-3)14-33-28-31-10-9-22(35-28)21-13-23(18-5-7-20(29)8-6-18)34-26(21)19-12-25(38-4)27(30)32-15-19/h5-10,12,15-17H,11,13-14H2,1-4H3,(H2,30,32)(H,31,33,35)/t16-,17+/m1/s1. The first-order valence-corrected chi connectivity index (χ1v) is 12.3. The van der Waals surface area contributed by atoms with Crippen LogP contribution in [0.2, 0.25) is 0 Å². The van der Waals surface area contributed by atoms with Crippen LogP contribution in [0.25, 0.3) is 11.3 Å². The lowest BCUT2D eigenvalue weighted by Gasteiger charge is -2.15. The van der Waals surface area contributed by atoms with Gasteiger partial charge in [0.25, 0.3) is 0 Å². The van der Waals surface area contributed by atoms with Crippen LogP contribution in [-0.2, 0) is 9.53 Å². The number of anilines is 2. The van der Waals surface area contributed by atoms with E-state index in [9.17, 15) is 9.18 Å². The number of hydrogen-bond donors (Lipinski definition) is 2. The van der Waals surface area contributed by atoms with Crippen molar-refractivity contribution in [3.8, 4) is 5.75 Å². The molecule has 3 heterocycles. The molecule has 2 aromatic heterocycles. The molecule has 0 saturated heterocycles. The number of nitrogen functional groups attached to an aromatic ring is 1. The second-order valence-corrected chi connectivity index (χ2v) is 9.18. The molecule has 9 nitrogen and oxygen atoms in total. The zero-order valence-corrected chi connectivity index (χ0v) is 21.9. The Morgan fingerprint density at radius 1 is 1.13 bits per heavy atom. The number of nitrogens with zero attached hydrogens (tertiary/aromatic N) is 4. The van der Waals surface area contributed by atoms with Gasteiger partial charge in [-0.1, -0.05) is 19.1 Å². The number of rotatable bonds is 11. The number of nitrogens with one attached hydrogen (secondary N) is 1. The Morgan fingerprint density at radius 3 is 2.61 bits per heavy atom. The Labute approximate surface area is 221 Å². The summed E-state index contributed by atoms with van der Waals surface area (Å²) in [4.78, 5) is 30.4. The Bertz CT molecular complexity index is 1370. The third-order valence-electron chi connectivity index (χ3n) is 6.36. The van der Waals surface area contributed by atoms with Crippen LogP contribution in [0, 0.1) is 11.7 Å². The van der Waals surface area contributed by atoms with Gasteiger partial charge in [0.05, 0.1) is 24.2 Å². The number of aliphatic imine (C=N–C) groups is 1. The van der Waals surface area contributed by atoms with E-state index in [1.54, 1.807) is 37.5 Å². The number of allylic oxidation sites excluding steroid dienone is 1. The molecule has 0 aliphatic carbocycles. The van der Waals surface area contributed by atoms with Gasteiger partial charge in [-0.15, -0.1) is 0 Å². The number of aromatic nitrogens is 3. The van der Waals surface area contributed by atoms with E-state index in [-0.39, 0.29) is 23.3 Å². The van der Waals surface area contributed by atoms with Gasteiger partial charge in [-0.3, -0.25) is 9.79 Å². The van der Waals surface area contributed by atoms with Crippen LogP contribution in [-0.4, -0.2) is 53.3 Å². The maximum atomic E-state index is 13.5. The minimum atomic E-state index is -0.429. The zero-order valence-electron chi connectivity index (χ0n) is 21.9. The SMILES string of the molecule is COc1cc(C2=C(c3ccnc(NC[C@H](C)CC(=O)[C@H](C)OC)n3)CC(c3ccc(F)cc3)=N2)cnc1N. The Hall–Kier alpha value is -4.18. The molecule has 3 N–H and O–H groups in total. The molecule has 0 bridgehead atoms. The van der Waals surface area contributed by atoms with Gasteiger partial charge < -0.3 is 20.5 Å². The molecule has 3 aromatic rings. The summed E-state index contributed by atoms with van der Waals surface area (Å²) in [5, 5.41) is 3.23. The van der Waals surface area contributed by atoms with E-state index in [0.29, 0.717) is 42.5 Å². The van der Waals surface area contributed by atoms with Crippen molar-refractivity contribution in [2.75, 3.05) is 31.8 Å². The summed E-state index contributed by atoms with van der Waals surface area (Å²) < 4.78 is 24.0. The first kappa shape index (κ1) is 26.9. The Kier molecular flexibility index (Phi) is 8.42. The largest absolute Gasteiger partial charge is 0.493 e. The normalized spacial score (nSPS) is 14.7. The molecule has 0 radical (unpaired) electrons. The van der Waals surface area contributed by atoms with Crippen molar-refractivity contribution in [2.24, 2.45) is 10.9 Å². The van der Waals surface area contributed by atoms with Crippen molar-refractivity contribution >= 4 is 34.5 Å². The maximum absolute atomic E-state index is 13.5. The number of benzene rings is 1. The molecule has 0 saturated carbocycles. The molecule has 2 atom stereocenters. The van der Waals surface area contributed by atoms with E-state index in [4.69, 9.17) is 25.2 Å². The zero-order chi connectivity index (χ0) is 27.2. The van der Waals surface area contributed by atoms with Crippen molar-refractivity contribution in [1.82, 2.24) is 15.0 Å². The number of nitrogens with two attached hydrogens (primary N) is 1. The van der Waals surface area contributed by atoms with Crippen molar-refractivity contribution in [3.05, 3.63) is 71.4 Å². The number of pyridine rings is 1. The fourth-order valence-corrected chi connectivity index (χ4v) is 4.09. The highest BCUT2D eigenvalue weighted by molar-refractivity contribution is 6.16. The van der Waals surface area contributed by atoms with Crippen molar-refractivity contribution in [1.29, 1.82) is 0 Å². The summed E-state index contributed by atoms with van der Waals surface area (Å²) in [6, 6.07) is 9.84. The lowest BCUT2D eigenvalue weighted by Crippen LogP contribution is -2.24. The monoisotopic (exact) mass is 518 g/mol. The summed E-state index contributed by atoms with van der Waals surface area (Å²) in [5.41, 5.74) is 10.5. The Balaban J connectivity index is 1.62. The van der Waals surface area contributed by atoms with Gasteiger partial charge in [0.15, 0.2) is 17.4 Å². The number of ketones is 1. The average Bonchev–Trinajstić information content (AvgIpc) is 3.38. The van der Waals surface area contributed by atoms with Crippen molar-refractivity contribution in [3.63, 3.8) is 0 Å². The van der Waals surface area contributed by atoms with E-state index in [1.165, 1.54) is 26.4 Å². The molecule has 10 heteroatoms. The van der Waals surface area contributed by atoms with E-state index in [0.717, 1.165) is 22.4 Å². The predicted octanol–water partition coefficient (Wildman–Crippen LogP) is 4.40. The second kappa shape index (κ2) is 11.9. The van der Waals surface area contributed by atoms with Crippen LogP contribution in [0.1, 0.15) is 43.5 Å². The highest BCUT2D eigenvalue weighted by Crippen LogP contribution is 2.38. The summed E-state index contributed by atoms with van der Waals surface area (Å²) >= 11 is 0. The number of hydrogen-bond acceptors (Lipinski definition) is 9. The fourth-order valence-electron chi connectivity index (χ4n) is 4.09. The summed E-state index contributed by atoms with van der Waals surface area (Å²) in [5.74, 6) is 0.964. The van der Waals surface area contributed by atoms with Gasteiger partial charge in [-0.25, -0.2) is 19.3 Å². The molecule has 1 aliphatic heterocycles. The number of halogens is 1. The summed E-state index contributed by atoms with van der Waals surface area (Å²) in [6.45, 7) is 4.25. The van der Waals surface area contributed by atoms with Crippen molar-refractivity contribution in [2.45, 2.75) is 32.8 Å². The summed E-state index contributed by atoms with van der Waals surface area (Å²) in [6.07, 6.45) is 3.75. The molecule has 4 rings (SSSR count). The van der Waals surface area contributed by atoms with Gasteiger partial charge in [-0.2, -0.15) is 0 Å². The van der Waals surface area contributed by atoms with Gasteiger partial charge >= 0.3 is 0 Å². The van der Waals surface area contributed by atoms with E-state index >= 15 is 0 Å². The first-order chi connectivity index (χ1) is 18.3. The van der Waals surface area contributed by atoms with Crippen molar-refractivity contribution < 1.29 is 18.7 Å². The quantitative estimate of drug-likeness (QED) is 0.383. The van der Waals surface area contributed by atoms with Gasteiger partial charge in [-0.05, 0) is 42.7 Å². The minimum Gasteiger partial charge on any atom is -0.493 e. The smallest absolute Gasteiger partial charge is 0.223 e. The summed E-state index contributed by atoms with van der Waals surface area (Å²) in [7, 11) is 3.06. The Morgan fingerprint density at radius 2 is 1.89 bits per heavy atom. The van der Waals surface area contributed by atoms with E-state index < -0.39 is 6.10 Å². The topological polar surface area (TPSA) is 125 Å². The number of carbonyl (C=O) groups excluding carboxylic acids is 1. The second-order valence-electron chi connectivity index (χ2n) is 9.18. The number of carbonyl (C=O) groups is 1. The molecule has 0 amide bonds. The number of ether oxygens (including phenoxy) is 2. The maximum Gasteiger partial charge on any atom is 0.223 e. The van der Waals surface area contributed by atoms with Gasteiger partial charge in [0, 0.05) is 50.0 Å². The third-order valence-corrected chi connectivity index (χ3v) is 6.36. The van der Waals surface area contributed by atoms with Gasteiger partial charge in [0.1, 0.15) is 11.9 Å². The molecule has 0 spiro atoms. The van der Waals surface area contributed by atoms with Crippen LogP contribution in [0.3, 0.4) is 0 Å². The predicted molar refractivity (Wildman–Crippen MR) is 145 cm³/mol. The first-order valence-electron chi connectivity index (χ1n) is 12.3. The van der Waals surface area contributed by atoms with Gasteiger partial charge in [0.2, 0.25) is 5.95 Å². The molecule has 198 valence electrons. The molecular weight excluding hydrogens is 487 g/mol. The molecule has 1 aromatic carbocycles. The van der Waals surface area contributed by atoms with E-state index in [2.05, 4.69) is 15.3 Å². The molecule has 0 fully saturated rings. The average molecular weight is 519 g/mol. The molecular formula is C28H31FN6O3. The molecule has 1 aliphatic rings. The van der Waals surface area contributed by atoms with Crippen LogP contribution in [0.5, 0.6) is 5.75 Å². The fraction of sp³-hybridized carbons (Fsp3) is 0.321. The minimum absolute atomic E-state index is 0.0511. The van der Waals surface area contributed by atoms with Crippen LogP contribution in [0.4, 0.5) is 16.2 Å². The number of Topliss-reactive ketones (excluding diaryl/α,β-unsaturated/α-hetero) is 1. The highest BCUT2D eigenvalue weighted by Gasteiger charge is 2.24. The van der Waals surface area contributed by atoms with E-state index in [1.807, 2.05) is 13.0 Å². The number of methoxy groups -OCH3 is 2. The highest BCUT2D eigenvalue weighted by atomic mass is 19.1. The van der Waals surface area contributed by atoms with Crippen LogP contribution >= 0.6 is 0 Å². The van der Waals surface area contributed by atoms with Crippen LogP contribution < -0.4 is 15.8 Å². The third kappa shape index (κ3) is 6.20. The molecule has 38 heavy (non-hydrogen) atoms. The van der Waals surface area contributed by atoms with Crippen LogP contribution in [0.15, 0.2) is 53.8 Å². The lowest BCUT2D eigenvalue weighted by molar-refractivity contribution is -0.128. The lowest BCUT2D eigenvalue weighted by atomic mass is 10.00. The molecule has 0 unspecified atom stereocenters.